The van der Waals surface area contributed by atoms with E-state index in [9.17, 15) is 5.26 Å². The number of hydrogen-bond donors (Lipinski definition) is 0. The topological polar surface area (TPSA) is 64.4 Å². The molecule has 27 heavy (non-hydrogen) atoms. The van der Waals surface area contributed by atoms with Gasteiger partial charge in [-0.3, -0.25) is 0 Å². The number of pyridine rings is 1. The summed E-state index contributed by atoms with van der Waals surface area (Å²) in [6.45, 7) is 0.239. The summed E-state index contributed by atoms with van der Waals surface area (Å²) in [4.78, 5) is 4.71. The maximum absolute atomic E-state index is 9.42. The van der Waals surface area contributed by atoms with E-state index in [1.54, 1.807) is 18.9 Å². The number of nitrogens with zero attached hydrogens (tertiary/aromatic N) is 2. The van der Waals surface area contributed by atoms with Gasteiger partial charge in [-0.25, -0.2) is 4.98 Å². The van der Waals surface area contributed by atoms with Crippen molar-refractivity contribution in [1.29, 1.82) is 5.26 Å². The summed E-state index contributed by atoms with van der Waals surface area (Å²) >= 11 is 1.54. The van der Waals surface area contributed by atoms with Crippen molar-refractivity contribution in [1.82, 2.24) is 4.98 Å². The summed E-state index contributed by atoms with van der Waals surface area (Å²) in [5, 5.41) is 10.1. The fourth-order valence-electron chi connectivity index (χ4n) is 2.73. The van der Waals surface area contributed by atoms with Crippen molar-refractivity contribution >= 4 is 11.8 Å². The van der Waals surface area contributed by atoms with Crippen LogP contribution in [0.25, 0.3) is 11.3 Å². The van der Waals surface area contributed by atoms with Gasteiger partial charge in [-0.15, -0.1) is 11.8 Å². The number of rotatable bonds is 5. The number of ether oxygens (including phenoxy) is 3. The second kappa shape index (κ2) is 7.60. The van der Waals surface area contributed by atoms with Crippen molar-refractivity contribution in [3.05, 3.63) is 65.7 Å². The summed E-state index contributed by atoms with van der Waals surface area (Å²) < 4.78 is 16.0. The van der Waals surface area contributed by atoms with E-state index in [0.717, 1.165) is 34.1 Å². The van der Waals surface area contributed by atoms with Gasteiger partial charge in [0, 0.05) is 11.3 Å². The molecule has 2 aromatic carbocycles. The zero-order valence-corrected chi connectivity index (χ0v) is 15.5. The van der Waals surface area contributed by atoms with Gasteiger partial charge in [0.05, 0.1) is 18.4 Å². The molecule has 3 aromatic rings. The van der Waals surface area contributed by atoms with Gasteiger partial charge in [-0.2, -0.15) is 5.26 Å². The van der Waals surface area contributed by atoms with Crippen LogP contribution < -0.4 is 14.2 Å². The molecule has 0 spiro atoms. The minimum Gasteiger partial charge on any atom is -0.497 e. The third-order valence-electron chi connectivity index (χ3n) is 4.18. The minimum atomic E-state index is 0.239. The summed E-state index contributed by atoms with van der Waals surface area (Å²) in [7, 11) is 1.65. The number of nitriles is 1. The Bertz CT molecular complexity index is 1010. The number of thioether (sulfide) groups is 1. The Morgan fingerprint density at radius 3 is 2.67 bits per heavy atom. The second-order valence-corrected chi connectivity index (χ2v) is 6.83. The summed E-state index contributed by atoms with van der Waals surface area (Å²) in [6, 6.07) is 19.5. The predicted molar refractivity (Wildman–Crippen MR) is 103 cm³/mol. The van der Waals surface area contributed by atoms with E-state index in [2.05, 4.69) is 6.07 Å². The molecule has 0 N–H and O–H groups in total. The number of methoxy groups -OCH3 is 1. The van der Waals surface area contributed by atoms with Gasteiger partial charge in [0.25, 0.3) is 0 Å². The lowest BCUT2D eigenvalue weighted by Gasteiger charge is -2.08. The second-order valence-electron chi connectivity index (χ2n) is 5.87. The van der Waals surface area contributed by atoms with Crippen LogP contribution in [-0.4, -0.2) is 18.9 Å². The van der Waals surface area contributed by atoms with Crippen LogP contribution in [-0.2, 0) is 5.75 Å². The number of hydrogen-bond acceptors (Lipinski definition) is 6. The van der Waals surface area contributed by atoms with Crippen LogP contribution in [0.15, 0.2) is 59.6 Å². The quantitative estimate of drug-likeness (QED) is 0.604. The molecule has 1 aliphatic heterocycles. The molecule has 0 unspecified atom stereocenters. The van der Waals surface area contributed by atoms with Crippen LogP contribution in [0.4, 0.5) is 0 Å². The van der Waals surface area contributed by atoms with Gasteiger partial charge in [0.2, 0.25) is 6.79 Å². The van der Waals surface area contributed by atoms with Crippen LogP contribution in [0.3, 0.4) is 0 Å². The van der Waals surface area contributed by atoms with E-state index >= 15 is 0 Å². The molecular weight excluding hydrogens is 360 g/mol. The molecule has 4 rings (SSSR count). The smallest absolute Gasteiger partial charge is 0.231 e. The van der Waals surface area contributed by atoms with Crippen molar-refractivity contribution in [2.24, 2.45) is 0 Å². The van der Waals surface area contributed by atoms with Crippen molar-refractivity contribution in [3.8, 4) is 34.6 Å². The minimum absolute atomic E-state index is 0.239. The standard InChI is InChI=1S/C21H16N2O3S/c1-24-17-6-2-14(3-7-17)12-27-21-16(11-22)4-8-18(23-21)15-5-9-19-20(10-15)26-13-25-19/h2-10H,12-13H2,1H3. The average molecular weight is 376 g/mol. The molecule has 0 saturated heterocycles. The third kappa shape index (κ3) is 3.69. The highest BCUT2D eigenvalue weighted by molar-refractivity contribution is 7.98. The highest BCUT2D eigenvalue weighted by Crippen LogP contribution is 2.36. The van der Waals surface area contributed by atoms with Crippen LogP contribution in [0.5, 0.6) is 17.2 Å². The first-order valence-corrected chi connectivity index (χ1v) is 9.32. The van der Waals surface area contributed by atoms with Gasteiger partial charge in [0.15, 0.2) is 11.5 Å². The molecule has 2 heterocycles. The Labute approximate surface area is 161 Å². The van der Waals surface area contributed by atoms with Crippen LogP contribution >= 0.6 is 11.8 Å². The average Bonchev–Trinajstić information content (AvgIpc) is 3.20. The zero-order valence-electron chi connectivity index (χ0n) is 14.6. The monoisotopic (exact) mass is 376 g/mol. The lowest BCUT2D eigenvalue weighted by atomic mass is 10.1. The molecule has 134 valence electrons. The van der Waals surface area contributed by atoms with E-state index in [1.165, 1.54) is 0 Å². The van der Waals surface area contributed by atoms with E-state index in [1.807, 2.05) is 54.6 Å². The first kappa shape index (κ1) is 17.3. The first-order valence-electron chi connectivity index (χ1n) is 8.34. The molecule has 0 amide bonds. The Morgan fingerprint density at radius 2 is 1.89 bits per heavy atom. The molecule has 6 heteroatoms. The van der Waals surface area contributed by atoms with Crippen molar-refractivity contribution < 1.29 is 14.2 Å². The number of benzene rings is 2. The van der Waals surface area contributed by atoms with E-state index in [0.29, 0.717) is 16.3 Å². The van der Waals surface area contributed by atoms with Gasteiger partial charge >= 0.3 is 0 Å². The fourth-order valence-corrected chi connectivity index (χ4v) is 3.65. The van der Waals surface area contributed by atoms with E-state index in [4.69, 9.17) is 19.2 Å². The lowest BCUT2D eigenvalue weighted by molar-refractivity contribution is 0.174. The van der Waals surface area contributed by atoms with Gasteiger partial charge in [0.1, 0.15) is 16.8 Å². The highest BCUT2D eigenvalue weighted by atomic mass is 32.2. The molecule has 0 fully saturated rings. The van der Waals surface area contributed by atoms with Crippen LogP contribution in [0, 0.1) is 11.3 Å². The number of aromatic nitrogens is 1. The highest BCUT2D eigenvalue weighted by Gasteiger charge is 2.15. The first-order chi connectivity index (χ1) is 13.3. The predicted octanol–water partition coefficient (Wildman–Crippen LogP) is 4.65. The SMILES string of the molecule is COc1ccc(CSc2nc(-c3ccc4c(c3)OCO4)ccc2C#N)cc1. The largest absolute Gasteiger partial charge is 0.497 e. The molecular formula is C21H16N2O3S. The maximum Gasteiger partial charge on any atom is 0.231 e. The maximum atomic E-state index is 9.42. The molecule has 0 radical (unpaired) electrons. The molecule has 0 bridgehead atoms. The Morgan fingerprint density at radius 1 is 1.07 bits per heavy atom. The molecule has 0 saturated carbocycles. The fraction of sp³-hybridized carbons (Fsp3) is 0.143. The van der Waals surface area contributed by atoms with Crippen molar-refractivity contribution in [2.45, 2.75) is 10.8 Å². The Hall–Kier alpha value is -3.17. The van der Waals surface area contributed by atoms with E-state index < -0.39 is 0 Å². The summed E-state index contributed by atoms with van der Waals surface area (Å²) in [5.41, 5.74) is 3.43. The summed E-state index contributed by atoms with van der Waals surface area (Å²) in [5.74, 6) is 2.99. The molecule has 0 atom stereocenters. The Kier molecular flexibility index (Phi) is 4.86. The van der Waals surface area contributed by atoms with Gasteiger partial charge in [-0.1, -0.05) is 12.1 Å². The molecule has 1 aromatic heterocycles. The van der Waals surface area contributed by atoms with Crippen LogP contribution in [0.2, 0.25) is 0 Å². The number of fused-ring (bicyclic) bond motifs is 1. The molecule has 0 aliphatic carbocycles. The van der Waals surface area contributed by atoms with Gasteiger partial charge in [-0.05, 0) is 48.0 Å². The normalized spacial score (nSPS) is 11.9. The Balaban J connectivity index is 1.58. The molecule has 5 nitrogen and oxygen atoms in total. The zero-order chi connectivity index (χ0) is 18.6. The summed E-state index contributed by atoms with van der Waals surface area (Å²) in [6.07, 6.45) is 0. The van der Waals surface area contributed by atoms with Crippen molar-refractivity contribution in [2.75, 3.05) is 13.9 Å². The van der Waals surface area contributed by atoms with E-state index in [-0.39, 0.29) is 6.79 Å². The van der Waals surface area contributed by atoms with Crippen molar-refractivity contribution in [3.63, 3.8) is 0 Å². The lowest BCUT2D eigenvalue weighted by Crippen LogP contribution is -1.93. The van der Waals surface area contributed by atoms with Gasteiger partial charge < -0.3 is 14.2 Å². The molecule has 1 aliphatic rings. The van der Waals surface area contributed by atoms with Crippen LogP contribution in [0.1, 0.15) is 11.1 Å². The third-order valence-corrected chi connectivity index (χ3v) is 5.25.